The molecular formula is C18H22N2O2S. The lowest BCUT2D eigenvalue weighted by atomic mass is 10.1. The Morgan fingerprint density at radius 2 is 1.61 bits per heavy atom. The minimum Gasteiger partial charge on any atom is -0.207 e. The van der Waals surface area contributed by atoms with Gasteiger partial charge < -0.3 is 0 Å². The summed E-state index contributed by atoms with van der Waals surface area (Å²) >= 11 is 0. The average Bonchev–Trinajstić information content (AvgIpc) is 2.53. The van der Waals surface area contributed by atoms with Crippen molar-refractivity contribution in [2.45, 2.75) is 43.7 Å². The van der Waals surface area contributed by atoms with E-state index in [1.807, 2.05) is 37.3 Å². The van der Waals surface area contributed by atoms with E-state index in [0.717, 1.165) is 17.5 Å². The van der Waals surface area contributed by atoms with Gasteiger partial charge in [0.1, 0.15) is 0 Å². The van der Waals surface area contributed by atoms with Crippen molar-refractivity contribution >= 4 is 10.0 Å². The van der Waals surface area contributed by atoms with Crippen molar-refractivity contribution in [2.75, 3.05) is 0 Å². The number of sulfonamides is 1. The summed E-state index contributed by atoms with van der Waals surface area (Å²) in [7, 11) is -3.56. The Morgan fingerprint density at radius 1 is 1.00 bits per heavy atom. The molecule has 0 aromatic heterocycles. The molecule has 2 radical (unpaired) electrons. The van der Waals surface area contributed by atoms with E-state index in [1.54, 1.807) is 31.2 Å². The summed E-state index contributed by atoms with van der Waals surface area (Å²) in [5.41, 5.74) is 11.2. The first-order chi connectivity index (χ1) is 10.9. The summed E-state index contributed by atoms with van der Waals surface area (Å²) < 4.78 is 27.6. The summed E-state index contributed by atoms with van der Waals surface area (Å²) in [6.45, 7) is 3.57. The van der Waals surface area contributed by atoms with E-state index in [-0.39, 0.29) is 17.0 Å². The van der Waals surface area contributed by atoms with E-state index < -0.39 is 10.0 Å². The van der Waals surface area contributed by atoms with Gasteiger partial charge >= 0.3 is 0 Å². The molecule has 0 amide bonds. The summed E-state index contributed by atoms with van der Waals surface area (Å²) in [6.07, 6.45) is 1.39. The Kier molecular flexibility index (Phi) is 5.93. The molecule has 0 heterocycles. The molecule has 0 aliphatic rings. The lowest BCUT2D eigenvalue weighted by molar-refractivity contribution is 0.567. The molecule has 0 fully saturated rings. The van der Waals surface area contributed by atoms with Crippen LogP contribution in [0.4, 0.5) is 0 Å². The number of aryl methyl sites for hydroxylation is 1. The molecule has 0 saturated heterocycles. The molecule has 122 valence electrons. The minimum absolute atomic E-state index is 0.251. The Bertz CT molecular complexity index is 710. The highest BCUT2D eigenvalue weighted by atomic mass is 32.2. The quantitative estimate of drug-likeness (QED) is 0.847. The van der Waals surface area contributed by atoms with E-state index >= 15 is 0 Å². The van der Waals surface area contributed by atoms with E-state index in [2.05, 4.69) is 4.72 Å². The number of rotatable bonds is 7. The molecule has 0 bridgehead atoms. The van der Waals surface area contributed by atoms with E-state index in [1.165, 1.54) is 0 Å². The number of hydrogen-bond acceptors (Lipinski definition) is 2. The Balaban J connectivity index is 2.07. The van der Waals surface area contributed by atoms with Crippen LogP contribution >= 0.6 is 0 Å². The third-order valence-corrected chi connectivity index (χ3v) is 5.27. The lowest BCUT2D eigenvalue weighted by Crippen LogP contribution is -2.26. The topological polar surface area (TPSA) is 68.5 Å². The second kappa shape index (κ2) is 7.73. The smallest absolute Gasteiger partial charge is 0.207 e. The zero-order chi connectivity index (χ0) is 16.9. The van der Waals surface area contributed by atoms with Crippen molar-refractivity contribution in [2.24, 2.45) is 0 Å². The normalized spacial score (nSPS) is 14.4. The van der Waals surface area contributed by atoms with Crippen LogP contribution in [0.15, 0.2) is 59.5 Å². The molecule has 4 nitrogen and oxygen atoms in total. The molecule has 0 aliphatic carbocycles. The molecule has 23 heavy (non-hydrogen) atoms. The van der Waals surface area contributed by atoms with Gasteiger partial charge in [-0.25, -0.2) is 13.1 Å². The van der Waals surface area contributed by atoms with Crippen LogP contribution in [0.3, 0.4) is 0 Å². The third-order valence-electron chi connectivity index (χ3n) is 3.72. The Labute approximate surface area is 138 Å². The molecular weight excluding hydrogens is 308 g/mol. The maximum Gasteiger partial charge on any atom is 0.241 e. The Hall–Kier alpha value is -1.69. The molecule has 1 unspecified atom stereocenters. The highest BCUT2D eigenvalue weighted by Gasteiger charge is 2.18. The summed E-state index contributed by atoms with van der Waals surface area (Å²) in [5.74, 6) is 0. The maximum absolute atomic E-state index is 12.4. The van der Waals surface area contributed by atoms with E-state index in [9.17, 15) is 14.2 Å². The largest absolute Gasteiger partial charge is 0.241 e. The zero-order valence-corrected chi connectivity index (χ0v) is 14.3. The van der Waals surface area contributed by atoms with E-state index in [0.29, 0.717) is 6.42 Å². The van der Waals surface area contributed by atoms with Crippen LogP contribution in [0.5, 0.6) is 0 Å². The summed E-state index contributed by atoms with van der Waals surface area (Å²) in [4.78, 5) is 0.251. The SMILES string of the molecule is CC([N])CCc1ccc(S(=O)(=O)N[C@@H](C)c2ccccc2)cc1. The highest BCUT2D eigenvalue weighted by molar-refractivity contribution is 7.89. The van der Waals surface area contributed by atoms with Crippen molar-refractivity contribution in [3.05, 3.63) is 65.7 Å². The van der Waals surface area contributed by atoms with Gasteiger partial charge in [0.25, 0.3) is 0 Å². The van der Waals surface area contributed by atoms with Crippen molar-refractivity contribution in [1.82, 2.24) is 10.5 Å². The summed E-state index contributed by atoms with van der Waals surface area (Å²) in [5, 5.41) is 0. The van der Waals surface area contributed by atoms with Gasteiger partial charge in [-0.05, 0) is 49.9 Å². The number of hydrogen-bond donors (Lipinski definition) is 1. The molecule has 2 rings (SSSR count). The highest BCUT2D eigenvalue weighted by Crippen LogP contribution is 2.17. The van der Waals surface area contributed by atoms with Crippen LogP contribution in [0.25, 0.3) is 0 Å². The fourth-order valence-corrected chi connectivity index (χ4v) is 3.55. The van der Waals surface area contributed by atoms with Crippen LogP contribution in [0, 0.1) is 0 Å². The van der Waals surface area contributed by atoms with Gasteiger partial charge in [-0.3, -0.25) is 0 Å². The first-order valence-corrected chi connectivity index (χ1v) is 9.21. The molecule has 1 N–H and O–H groups in total. The standard InChI is InChI=1S/C18H22N2O2S/c1-14(19)8-9-16-10-12-18(13-11-16)23(21,22)20-15(2)17-6-4-3-5-7-17/h3-7,10-15,20H,8-9H2,1-2H3/t14?,15-/m0/s1. The van der Waals surface area contributed by atoms with Crippen molar-refractivity contribution in [3.63, 3.8) is 0 Å². The average molecular weight is 330 g/mol. The van der Waals surface area contributed by atoms with Crippen LogP contribution in [-0.4, -0.2) is 14.5 Å². The predicted molar refractivity (Wildman–Crippen MR) is 91.5 cm³/mol. The minimum atomic E-state index is -3.56. The third kappa shape index (κ3) is 5.16. The fraction of sp³-hybridized carbons (Fsp3) is 0.333. The molecule has 0 spiro atoms. The van der Waals surface area contributed by atoms with Gasteiger partial charge in [-0.15, -0.1) is 5.73 Å². The van der Waals surface area contributed by atoms with Crippen molar-refractivity contribution in [1.29, 1.82) is 0 Å². The molecule has 2 atom stereocenters. The summed E-state index contributed by atoms with van der Waals surface area (Å²) in [6, 6.07) is 15.6. The van der Waals surface area contributed by atoms with Gasteiger partial charge in [0.15, 0.2) is 0 Å². The number of nitrogens with zero attached hydrogens (tertiary/aromatic N) is 1. The number of nitrogens with one attached hydrogen (secondary N) is 1. The van der Waals surface area contributed by atoms with E-state index in [4.69, 9.17) is 0 Å². The van der Waals surface area contributed by atoms with Crippen LogP contribution < -0.4 is 10.5 Å². The maximum atomic E-state index is 12.4. The first kappa shape index (κ1) is 17.7. The lowest BCUT2D eigenvalue weighted by Gasteiger charge is -2.15. The molecule has 2 aromatic rings. The van der Waals surface area contributed by atoms with Crippen molar-refractivity contribution in [3.8, 4) is 0 Å². The molecule has 0 aliphatic heterocycles. The predicted octanol–water partition coefficient (Wildman–Crippen LogP) is 3.12. The van der Waals surface area contributed by atoms with Gasteiger partial charge in [0.05, 0.1) is 4.90 Å². The molecule has 5 heteroatoms. The first-order valence-electron chi connectivity index (χ1n) is 7.73. The number of benzene rings is 2. The van der Waals surface area contributed by atoms with Crippen molar-refractivity contribution < 1.29 is 8.42 Å². The van der Waals surface area contributed by atoms with Gasteiger partial charge in [-0.2, -0.15) is 0 Å². The van der Waals surface area contributed by atoms with Gasteiger partial charge in [-0.1, -0.05) is 42.5 Å². The molecule has 2 aromatic carbocycles. The van der Waals surface area contributed by atoms with Crippen LogP contribution in [0.1, 0.15) is 37.4 Å². The Morgan fingerprint density at radius 3 is 2.17 bits per heavy atom. The monoisotopic (exact) mass is 330 g/mol. The van der Waals surface area contributed by atoms with Gasteiger partial charge in [0.2, 0.25) is 10.0 Å². The van der Waals surface area contributed by atoms with Crippen LogP contribution in [-0.2, 0) is 16.4 Å². The fourth-order valence-electron chi connectivity index (χ4n) is 2.32. The van der Waals surface area contributed by atoms with Gasteiger partial charge in [0, 0.05) is 12.1 Å². The molecule has 0 saturated carbocycles. The second-order valence-corrected chi connectivity index (χ2v) is 7.50. The zero-order valence-electron chi connectivity index (χ0n) is 13.4. The van der Waals surface area contributed by atoms with Crippen LogP contribution in [0.2, 0.25) is 0 Å². The second-order valence-electron chi connectivity index (χ2n) is 5.79.